The predicted molar refractivity (Wildman–Crippen MR) is 61.0 cm³/mol. The third-order valence-corrected chi connectivity index (χ3v) is 3.80. The molecule has 2 rings (SSSR count). The Morgan fingerprint density at radius 2 is 2.21 bits per heavy atom. The summed E-state index contributed by atoms with van der Waals surface area (Å²) in [6, 6.07) is 6.08. The molecule has 1 saturated carbocycles. The fourth-order valence-electron chi connectivity index (χ4n) is 2.37. The van der Waals surface area contributed by atoms with Crippen LogP contribution in [-0.2, 0) is 0 Å². The average Bonchev–Trinajstić information content (AvgIpc) is 2.68. The number of pyridine rings is 1. The summed E-state index contributed by atoms with van der Waals surface area (Å²) in [6.07, 6.45) is 0. The maximum atomic E-state index is 5.74. The molecule has 0 aliphatic heterocycles. The van der Waals surface area contributed by atoms with Gasteiger partial charge >= 0.3 is 0 Å². The molecule has 0 amide bonds. The van der Waals surface area contributed by atoms with Crippen LogP contribution in [0.5, 0.6) is 0 Å². The molecule has 1 aliphatic rings. The van der Waals surface area contributed by atoms with E-state index in [1.807, 2.05) is 12.1 Å². The predicted octanol–water partition coefficient (Wildman–Crippen LogP) is 2.54. The molecule has 3 heteroatoms. The molecule has 0 spiro atoms. The van der Waals surface area contributed by atoms with Crippen LogP contribution in [0.25, 0.3) is 0 Å². The molecule has 14 heavy (non-hydrogen) atoms. The molecule has 2 nitrogen and oxygen atoms in total. The van der Waals surface area contributed by atoms with E-state index in [2.05, 4.69) is 40.8 Å². The summed E-state index contributed by atoms with van der Waals surface area (Å²) in [5.74, 6) is 1.12. The first kappa shape index (κ1) is 10.1. The molecule has 1 heterocycles. The van der Waals surface area contributed by atoms with Crippen LogP contribution in [0.3, 0.4) is 0 Å². The van der Waals surface area contributed by atoms with Crippen LogP contribution < -0.4 is 5.73 Å². The van der Waals surface area contributed by atoms with Crippen molar-refractivity contribution in [1.29, 1.82) is 0 Å². The molecule has 1 aliphatic carbocycles. The van der Waals surface area contributed by atoms with Crippen molar-refractivity contribution in [3.63, 3.8) is 0 Å². The van der Waals surface area contributed by atoms with Gasteiger partial charge in [0.15, 0.2) is 0 Å². The number of nitrogens with two attached hydrogens (primary N) is 1. The smallest absolute Gasteiger partial charge is 0.106 e. The van der Waals surface area contributed by atoms with E-state index in [0.717, 1.165) is 11.1 Å². The van der Waals surface area contributed by atoms with Gasteiger partial charge in [0.1, 0.15) is 4.60 Å². The van der Waals surface area contributed by atoms with Crippen molar-refractivity contribution in [3.05, 3.63) is 28.5 Å². The van der Waals surface area contributed by atoms with Gasteiger partial charge in [-0.05, 0) is 45.9 Å². The number of hydrogen-bond acceptors (Lipinski definition) is 2. The Bertz CT molecular complexity index is 349. The quantitative estimate of drug-likeness (QED) is 0.825. The van der Waals surface area contributed by atoms with Crippen LogP contribution >= 0.6 is 15.9 Å². The largest absolute Gasteiger partial charge is 0.330 e. The van der Waals surface area contributed by atoms with Gasteiger partial charge in [-0.1, -0.05) is 19.9 Å². The van der Waals surface area contributed by atoms with Gasteiger partial charge in [0.25, 0.3) is 0 Å². The average molecular weight is 255 g/mol. The third kappa shape index (κ3) is 1.48. The lowest BCUT2D eigenvalue weighted by atomic mass is 10.1. The molecular weight excluding hydrogens is 240 g/mol. The Labute approximate surface area is 93.0 Å². The van der Waals surface area contributed by atoms with E-state index >= 15 is 0 Å². The van der Waals surface area contributed by atoms with Gasteiger partial charge in [0, 0.05) is 11.6 Å². The van der Waals surface area contributed by atoms with Crippen molar-refractivity contribution in [2.45, 2.75) is 19.8 Å². The summed E-state index contributed by atoms with van der Waals surface area (Å²) >= 11 is 3.40. The van der Waals surface area contributed by atoms with Crippen molar-refractivity contribution < 1.29 is 0 Å². The Balaban J connectivity index is 2.26. The van der Waals surface area contributed by atoms with Crippen LogP contribution in [-0.4, -0.2) is 11.5 Å². The van der Waals surface area contributed by atoms with E-state index in [4.69, 9.17) is 5.73 Å². The maximum absolute atomic E-state index is 5.74. The van der Waals surface area contributed by atoms with Crippen molar-refractivity contribution >= 4 is 15.9 Å². The molecule has 2 N–H and O–H groups in total. The molecule has 2 unspecified atom stereocenters. The lowest BCUT2D eigenvalue weighted by Gasteiger charge is -2.02. The van der Waals surface area contributed by atoms with Gasteiger partial charge in [0.05, 0.1) is 0 Å². The number of aromatic nitrogens is 1. The Morgan fingerprint density at radius 3 is 2.71 bits per heavy atom. The lowest BCUT2D eigenvalue weighted by Crippen LogP contribution is -2.05. The molecule has 1 aromatic rings. The Morgan fingerprint density at radius 1 is 1.50 bits per heavy atom. The highest BCUT2D eigenvalue weighted by Crippen LogP contribution is 2.63. The Kier molecular flexibility index (Phi) is 2.40. The standard InChI is InChI=1S/C11H15BrN2/c1-11(2)7(6-13)10(11)8-4-3-5-9(12)14-8/h3-5,7,10H,6,13H2,1-2H3. The molecule has 0 aromatic carbocycles. The second kappa shape index (κ2) is 3.31. The zero-order valence-electron chi connectivity index (χ0n) is 8.50. The molecule has 1 fully saturated rings. The minimum Gasteiger partial charge on any atom is -0.330 e. The number of nitrogens with zero attached hydrogens (tertiary/aromatic N) is 1. The van der Waals surface area contributed by atoms with Crippen molar-refractivity contribution in [2.75, 3.05) is 6.54 Å². The molecule has 0 saturated heterocycles. The van der Waals surface area contributed by atoms with E-state index in [9.17, 15) is 0 Å². The first-order chi connectivity index (χ1) is 6.57. The van der Waals surface area contributed by atoms with Crippen LogP contribution in [0, 0.1) is 11.3 Å². The first-order valence-electron chi connectivity index (χ1n) is 4.90. The molecule has 76 valence electrons. The van der Waals surface area contributed by atoms with E-state index < -0.39 is 0 Å². The summed E-state index contributed by atoms with van der Waals surface area (Å²) in [4.78, 5) is 4.49. The fraction of sp³-hybridized carbons (Fsp3) is 0.545. The normalized spacial score (nSPS) is 28.9. The zero-order chi connectivity index (χ0) is 10.3. The first-order valence-corrected chi connectivity index (χ1v) is 5.69. The van der Waals surface area contributed by atoms with Gasteiger partial charge in [0.2, 0.25) is 0 Å². The number of halogens is 1. The van der Waals surface area contributed by atoms with Crippen LogP contribution in [0.15, 0.2) is 22.8 Å². The zero-order valence-corrected chi connectivity index (χ0v) is 10.1. The second-order valence-electron chi connectivity index (χ2n) is 4.53. The summed E-state index contributed by atoms with van der Waals surface area (Å²) in [5.41, 5.74) is 7.22. The second-order valence-corrected chi connectivity index (χ2v) is 5.34. The van der Waals surface area contributed by atoms with Crippen LogP contribution in [0.2, 0.25) is 0 Å². The van der Waals surface area contributed by atoms with Gasteiger partial charge in [-0.2, -0.15) is 0 Å². The van der Waals surface area contributed by atoms with Crippen molar-refractivity contribution in [3.8, 4) is 0 Å². The van der Waals surface area contributed by atoms with E-state index in [-0.39, 0.29) is 0 Å². The SMILES string of the molecule is CC1(C)C(CN)C1c1cccc(Br)n1. The number of hydrogen-bond donors (Lipinski definition) is 1. The summed E-state index contributed by atoms with van der Waals surface area (Å²) in [7, 11) is 0. The molecular formula is C11H15BrN2. The summed E-state index contributed by atoms with van der Waals surface area (Å²) in [5, 5.41) is 0. The minimum atomic E-state index is 0.322. The molecule has 0 radical (unpaired) electrons. The van der Waals surface area contributed by atoms with Gasteiger partial charge in [-0.25, -0.2) is 4.98 Å². The topological polar surface area (TPSA) is 38.9 Å². The molecule has 0 bridgehead atoms. The highest BCUT2D eigenvalue weighted by Gasteiger charge is 2.57. The maximum Gasteiger partial charge on any atom is 0.106 e. The third-order valence-electron chi connectivity index (χ3n) is 3.36. The summed E-state index contributed by atoms with van der Waals surface area (Å²) < 4.78 is 0.911. The van der Waals surface area contributed by atoms with Gasteiger partial charge in [-0.3, -0.25) is 0 Å². The van der Waals surface area contributed by atoms with E-state index in [1.165, 1.54) is 5.69 Å². The fourth-order valence-corrected chi connectivity index (χ4v) is 2.73. The minimum absolute atomic E-state index is 0.322. The van der Waals surface area contributed by atoms with E-state index in [0.29, 0.717) is 17.3 Å². The monoisotopic (exact) mass is 254 g/mol. The Hall–Kier alpha value is -0.410. The molecule has 2 atom stereocenters. The van der Waals surface area contributed by atoms with Crippen molar-refractivity contribution in [1.82, 2.24) is 4.98 Å². The summed E-state index contributed by atoms with van der Waals surface area (Å²) in [6.45, 7) is 5.28. The molecule has 1 aromatic heterocycles. The highest BCUT2D eigenvalue weighted by atomic mass is 79.9. The van der Waals surface area contributed by atoms with Crippen LogP contribution in [0.1, 0.15) is 25.5 Å². The van der Waals surface area contributed by atoms with Gasteiger partial charge in [-0.15, -0.1) is 0 Å². The van der Waals surface area contributed by atoms with Gasteiger partial charge < -0.3 is 5.73 Å². The number of rotatable bonds is 2. The van der Waals surface area contributed by atoms with Crippen molar-refractivity contribution in [2.24, 2.45) is 17.1 Å². The highest BCUT2D eigenvalue weighted by molar-refractivity contribution is 9.10. The van der Waals surface area contributed by atoms with Crippen LogP contribution in [0.4, 0.5) is 0 Å². The lowest BCUT2D eigenvalue weighted by molar-refractivity contribution is 0.557. The van der Waals surface area contributed by atoms with E-state index in [1.54, 1.807) is 0 Å².